The summed E-state index contributed by atoms with van der Waals surface area (Å²) in [5, 5.41) is 20.9. The number of nitrogens with zero attached hydrogens (tertiary/aromatic N) is 7. The van der Waals surface area contributed by atoms with Crippen LogP contribution in [0.1, 0.15) is 66.9 Å². The Morgan fingerprint density at radius 2 is 1.71 bits per heavy atom. The van der Waals surface area contributed by atoms with Gasteiger partial charge < -0.3 is 19.6 Å². The molecule has 19 nitrogen and oxygen atoms in total. The van der Waals surface area contributed by atoms with E-state index in [1.165, 1.54) is 30.8 Å². The number of amides is 3. The number of carbonyl (C=O) groups excluding carboxylic acids is 4. The molecule has 248 valence electrons. The van der Waals surface area contributed by atoms with Crippen LogP contribution < -0.4 is 10.6 Å². The zero-order valence-corrected chi connectivity index (χ0v) is 27.6. The highest BCUT2D eigenvalue weighted by atomic mass is 32.2. The van der Waals surface area contributed by atoms with E-state index in [4.69, 9.17) is 14.3 Å². The Morgan fingerprint density at radius 1 is 1.09 bits per heavy atom. The highest BCUT2D eigenvalue weighted by molar-refractivity contribution is 7.84. The SMILES string of the molecule is Cc1nnnn1C[C@@H]1[C@H](NC(=O)/C(=N/OC(C)(C)C(=O)OC(C)(C)C)c2csc(NC(=O)OC(C)(C)C)n2)C(=O)N1S(=O)(=O)O. The van der Waals surface area contributed by atoms with E-state index < -0.39 is 68.8 Å². The predicted molar refractivity (Wildman–Crippen MR) is 156 cm³/mol. The lowest BCUT2D eigenvalue weighted by molar-refractivity contribution is -0.179. The summed E-state index contributed by atoms with van der Waals surface area (Å²) < 4.78 is 45.4. The molecule has 3 N–H and O–H groups in total. The summed E-state index contributed by atoms with van der Waals surface area (Å²) in [4.78, 5) is 61.0. The Balaban J connectivity index is 1.94. The van der Waals surface area contributed by atoms with Gasteiger partial charge in [0, 0.05) is 5.38 Å². The molecular formula is C24H35N9O10S2. The van der Waals surface area contributed by atoms with Gasteiger partial charge in [-0.15, -0.1) is 16.4 Å². The number of β-lactam (4-membered cyclic amide) rings is 1. The number of aromatic nitrogens is 5. The first kappa shape index (κ1) is 35.2. The molecule has 0 saturated carbocycles. The third-order valence-corrected chi connectivity index (χ3v) is 7.31. The van der Waals surface area contributed by atoms with Crippen molar-refractivity contribution in [1.29, 1.82) is 0 Å². The van der Waals surface area contributed by atoms with E-state index in [-0.39, 0.29) is 27.5 Å². The van der Waals surface area contributed by atoms with Crippen molar-refractivity contribution in [2.24, 2.45) is 5.16 Å². The van der Waals surface area contributed by atoms with Crippen molar-refractivity contribution in [3.05, 3.63) is 16.9 Å². The first-order valence-electron chi connectivity index (χ1n) is 13.3. The minimum absolute atomic E-state index is 0.00968. The number of carbonyl (C=O) groups is 4. The topological polar surface area (TPSA) is 246 Å². The second kappa shape index (κ2) is 12.6. The zero-order chi connectivity index (χ0) is 34.1. The maximum absolute atomic E-state index is 13.6. The summed E-state index contributed by atoms with van der Waals surface area (Å²) >= 11 is 0.901. The number of tetrazole rings is 1. The molecule has 0 aliphatic carbocycles. The van der Waals surface area contributed by atoms with E-state index in [0.717, 1.165) is 11.3 Å². The Labute approximate surface area is 262 Å². The first-order chi connectivity index (χ1) is 20.5. The third kappa shape index (κ3) is 9.14. The monoisotopic (exact) mass is 673 g/mol. The molecule has 21 heteroatoms. The van der Waals surface area contributed by atoms with E-state index in [0.29, 0.717) is 0 Å². The van der Waals surface area contributed by atoms with Crippen LogP contribution >= 0.6 is 11.3 Å². The number of hydrogen-bond acceptors (Lipinski definition) is 15. The Hall–Kier alpha value is -4.24. The molecule has 3 heterocycles. The van der Waals surface area contributed by atoms with Crippen molar-refractivity contribution in [2.45, 2.75) is 97.7 Å². The van der Waals surface area contributed by atoms with Gasteiger partial charge in [0.05, 0.1) is 12.6 Å². The molecule has 2 atom stereocenters. The van der Waals surface area contributed by atoms with Crippen LogP contribution in [0.4, 0.5) is 9.93 Å². The normalized spacial score (nSPS) is 17.8. The van der Waals surface area contributed by atoms with Gasteiger partial charge in [-0.25, -0.2) is 23.6 Å². The zero-order valence-electron chi connectivity index (χ0n) is 26.0. The van der Waals surface area contributed by atoms with Crippen LogP contribution in [0.2, 0.25) is 0 Å². The van der Waals surface area contributed by atoms with E-state index in [9.17, 15) is 32.1 Å². The second-order valence-corrected chi connectivity index (χ2v) is 14.4. The lowest BCUT2D eigenvalue weighted by atomic mass is 9.98. The van der Waals surface area contributed by atoms with Gasteiger partial charge in [-0.3, -0.25) is 19.5 Å². The number of ether oxygens (including phenoxy) is 2. The maximum Gasteiger partial charge on any atom is 0.413 e. The number of rotatable bonds is 10. The molecule has 2 aromatic rings. The minimum atomic E-state index is -5.02. The van der Waals surface area contributed by atoms with Crippen LogP contribution in [0.15, 0.2) is 10.5 Å². The number of esters is 1. The lowest BCUT2D eigenvalue weighted by Gasteiger charge is -2.43. The van der Waals surface area contributed by atoms with E-state index >= 15 is 0 Å². The van der Waals surface area contributed by atoms with Crippen LogP contribution in [0.3, 0.4) is 0 Å². The molecular weight excluding hydrogens is 638 g/mol. The van der Waals surface area contributed by atoms with Crippen molar-refractivity contribution in [3.63, 3.8) is 0 Å². The molecule has 0 bridgehead atoms. The molecule has 1 fully saturated rings. The molecule has 0 radical (unpaired) electrons. The molecule has 1 saturated heterocycles. The standard InChI is InChI=1S/C24H35N9O10S2/c1-12-28-30-31-32(12)10-14-16(18(35)33(14)45(38,39)40)26-17(34)15(29-43-24(8,9)19(36)41-22(2,3)4)13-11-44-20(25-13)27-21(37)42-23(5,6)7/h11,14,16H,10H2,1-9H3,(H,26,34)(H,25,27,37)(H,38,39,40)/b29-15+/t14-,16+/m1/s1. The largest absolute Gasteiger partial charge is 0.457 e. The molecule has 0 unspecified atom stereocenters. The van der Waals surface area contributed by atoms with Gasteiger partial charge in [0.2, 0.25) is 5.60 Å². The van der Waals surface area contributed by atoms with Gasteiger partial charge in [0.15, 0.2) is 10.8 Å². The number of thiazole rings is 1. The Kier molecular flexibility index (Phi) is 9.89. The summed E-state index contributed by atoms with van der Waals surface area (Å²) in [5.74, 6) is -2.77. The van der Waals surface area contributed by atoms with Crippen molar-refractivity contribution in [3.8, 4) is 0 Å². The van der Waals surface area contributed by atoms with Crippen molar-refractivity contribution in [1.82, 2.24) is 34.8 Å². The van der Waals surface area contributed by atoms with E-state index in [1.807, 2.05) is 0 Å². The van der Waals surface area contributed by atoms with Gasteiger partial charge >= 0.3 is 22.4 Å². The average Bonchev–Trinajstić information content (AvgIpc) is 3.47. The predicted octanol–water partition coefficient (Wildman–Crippen LogP) is 0.825. The summed E-state index contributed by atoms with van der Waals surface area (Å²) in [6, 6.07) is -2.83. The summed E-state index contributed by atoms with van der Waals surface area (Å²) in [6.07, 6.45) is -0.820. The highest BCUT2D eigenvalue weighted by Gasteiger charge is 2.54. The van der Waals surface area contributed by atoms with Crippen LogP contribution in [-0.4, -0.2) is 101 Å². The molecule has 45 heavy (non-hydrogen) atoms. The van der Waals surface area contributed by atoms with Gasteiger partial charge in [-0.2, -0.15) is 8.42 Å². The molecule has 3 rings (SSSR count). The quantitative estimate of drug-likeness (QED) is 0.104. The van der Waals surface area contributed by atoms with Crippen molar-refractivity contribution in [2.75, 3.05) is 5.32 Å². The van der Waals surface area contributed by atoms with Crippen LogP contribution in [0, 0.1) is 6.92 Å². The molecule has 3 amide bonds. The summed E-state index contributed by atoms with van der Waals surface area (Å²) in [6.45, 7) is 13.8. The molecule has 1 aliphatic heterocycles. The van der Waals surface area contributed by atoms with Crippen molar-refractivity contribution < 1.29 is 46.5 Å². The fraction of sp³-hybridized carbons (Fsp3) is 0.625. The minimum Gasteiger partial charge on any atom is -0.457 e. The van der Waals surface area contributed by atoms with Crippen LogP contribution in [0.25, 0.3) is 0 Å². The van der Waals surface area contributed by atoms with E-state index in [1.54, 1.807) is 41.5 Å². The number of oxime groups is 1. The van der Waals surface area contributed by atoms with Crippen molar-refractivity contribution >= 4 is 56.4 Å². The molecule has 2 aromatic heterocycles. The Bertz CT molecular complexity index is 1600. The van der Waals surface area contributed by atoms with E-state index in [2.05, 4.69) is 36.3 Å². The number of anilines is 1. The Morgan fingerprint density at radius 3 is 2.24 bits per heavy atom. The summed E-state index contributed by atoms with van der Waals surface area (Å²) in [5.41, 5.74) is -4.07. The van der Waals surface area contributed by atoms with Crippen LogP contribution in [0.5, 0.6) is 0 Å². The van der Waals surface area contributed by atoms with Gasteiger partial charge in [0.1, 0.15) is 28.8 Å². The number of aryl methyl sites for hydroxylation is 1. The molecule has 0 aromatic carbocycles. The van der Waals surface area contributed by atoms with Gasteiger partial charge in [0.25, 0.3) is 11.8 Å². The first-order valence-corrected chi connectivity index (χ1v) is 15.6. The van der Waals surface area contributed by atoms with Gasteiger partial charge in [-0.05, 0) is 72.7 Å². The fourth-order valence-corrected chi connectivity index (χ4v) is 5.13. The number of hydrogen-bond donors (Lipinski definition) is 3. The highest BCUT2D eigenvalue weighted by Crippen LogP contribution is 2.26. The van der Waals surface area contributed by atoms with Gasteiger partial charge in [-0.1, -0.05) is 5.16 Å². The maximum atomic E-state index is 13.6. The molecule has 0 spiro atoms. The fourth-order valence-electron chi connectivity index (χ4n) is 3.58. The second-order valence-electron chi connectivity index (χ2n) is 12.2. The smallest absolute Gasteiger partial charge is 0.413 e. The number of nitrogens with one attached hydrogen (secondary N) is 2. The molecule has 1 aliphatic rings. The van der Waals surface area contributed by atoms with Crippen LogP contribution in [-0.2, 0) is 45.5 Å². The third-order valence-electron chi connectivity index (χ3n) is 5.60. The average molecular weight is 674 g/mol. The summed E-state index contributed by atoms with van der Waals surface area (Å²) in [7, 11) is -5.02. The lowest BCUT2D eigenvalue weighted by Crippen LogP contribution is -2.73.